The summed E-state index contributed by atoms with van der Waals surface area (Å²) in [5.41, 5.74) is 2.89. The molecular weight excluding hydrogens is 340 g/mol. The molecule has 0 atom stereocenters. The fourth-order valence-electron chi connectivity index (χ4n) is 3.00. The van der Waals surface area contributed by atoms with E-state index in [1.165, 1.54) is 12.1 Å². The van der Waals surface area contributed by atoms with E-state index < -0.39 is 4.92 Å². The van der Waals surface area contributed by atoms with E-state index in [4.69, 9.17) is 0 Å². The van der Waals surface area contributed by atoms with Crippen LogP contribution in [0.5, 0.6) is 0 Å². The van der Waals surface area contributed by atoms with Crippen molar-refractivity contribution in [3.8, 4) is 0 Å². The second kappa shape index (κ2) is 8.76. The maximum atomic E-state index is 12.9. The molecule has 0 saturated carbocycles. The third-order valence-corrected chi connectivity index (χ3v) is 4.39. The predicted molar refractivity (Wildman–Crippen MR) is 105 cm³/mol. The Morgan fingerprint density at radius 3 is 1.85 bits per heavy atom. The van der Waals surface area contributed by atoms with E-state index in [1.54, 1.807) is 12.1 Å². The first-order chi connectivity index (χ1) is 13.1. The molecule has 0 radical (unpaired) electrons. The SMILES string of the molecule is O=C(NCCc1ccc([N+](=O)[O-])cc1)C(c1ccccc1)c1ccccc1. The fourth-order valence-corrected chi connectivity index (χ4v) is 3.00. The van der Waals surface area contributed by atoms with Gasteiger partial charge in [0.25, 0.3) is 5.69 Å². The average molecular weight is 360 g/mol. The van der Waals surface area contributed by atoms with Gasteiger partial charge in [0.15, 0.2) is 0 Å². The summed E-state index contributed by atoms with van der Waals surface area (Å²) in [6.45, 7) is 0.465. The van der Waals surface area contributed by atoms with E-state index in [2.05, 4.69) is 5.32 Å². The number of non-ortho nitro benzene ring substituents is 1. The molecule has 0 aliphatic carbocycles. The van der Waals surface area contributed by atoms with Gasteiger partial charge < -0.3 is 5.32 Å². The van der Waals surface area contributed by atoms with Gasteiger partial charge in [-0.3, -0.25) is 14.9 Å². The van der Waals surface area contributed by atoms with E-state index in [-0.39, 0.29) is 17.5 Å². The summed E-state index contributed by atoms with van der Waals surface area (Å²) in [5.74, 6) is -0.432. The lowest BCUT2D eigenvalue weighted by atomic mass is 9.90. The average Bonchev–Trinajstić information content (AvgIpc) is 2.70. The number of carbonyl (C=O) groups excluding carboxylic acids is 1. The molecule has 0 unspecified atom stereocenters. The number of nitrogens with one attached hydrogen (secondary N) is 1. The van der Waals surface area contributed by atoms with Crippen LogP contribution < -0.4 is 5.32 Å². The number of nitro benzene ring substituents is 1. The van der Waals surface area contributed by atoms with Crippen LogP contribution in [0.1, 0.15) is 22.6 Å². The van der Waals surface area contributed by atoms with Gasteiger partial charge in [-0.2, -0.15) is 0 Å². The molecule has 1 N–H and O–H groups in total. The minimum absolute atomic E-state index is 0.0608. The molecule has 136 valence electrons. The fraction of sp³-hybridized carbons (Fsp3) is 0.136. The number of benzene rings is 3. The molecule has 0 saturated heterocycles. The van der Waals surface area contributed by atoms with E-state index in [1.807, 2.05) is 60.7 Å². The molecule has 3 rings (SSSR count). The third-order valence-electron chi connectivity index (χ3n) is 4.39. The zero-order valence-corrected chi connectivity index (χ0v) is 14.7. The largest absolute Gasteiger partial charge is 0.355 e. The first kappa shape index (κ1) is 18.3. The molecule has 5 heteroatoms. The normalized spacial score (nSPS) is 10.6. The van der Waals surface area contributed by atoms with Crippen molar-refractivity contribution in [3.05, 3.63) is 112 Å². The predicted octanol–water partition coefficient (Wildman–Crippen LogP) is 4.09. The molecule has 1 amide bonds. The molecule has 0 fully saturated rings. The maximum Gasteiger partial charge on any atom is 0.269 e. The lowest BCUT2D eigenvalue weighted by Gasteiger charge is -2.18. The van der Waals surface area contributed by atoms with Crippen LogP contribution in [-0.4, -0.2) is 17.4 Å². The second-order valence-electron chi connectivity index (χ2n) is 6.22. The Kier molecular flexibility index (Phi) is 5.94. The Balaban J connectivity index is 1.67. The van der Waals surface area contributed by atoms with Crippen LogP contribution in [-0.2, 0) is 11.2 Å². The van der Waals surface area contributed by atoms with E-state index >= 15 is 0 Å². The summed E-state index contributed by atoms with van der Waals surface area (Å²) in [6.07, 6.45) is 0.611. The van der Waals surface area contributed by atoms with E-state index in [0.29, 0.717) is 13.0 Å². The van der Waals surface area contributed by atoms with Crippen molar-refractivity contribution in [3.63, 3.8) is 0 Å². The topological polar surface area (TPSA) is 72.2 Å². The van der Waals surface area contributed by atoms with Gasteiger partial charge in [-0.25, -0.2) is 0 Å². The Labute approximate surface area is 157 Å². The number of carbonyl (C=O) groups is 1. The van der Waals surface area contributed by atoms with Gasteiger partial charge in [-0.15, -0.1) is 0 Å². The van der Waals surface area contributed by atoms with Gasteiger partial charge in [0.1, 0.15) is 0 Å². The van der Waals surface area contributed by atoms with Crippen LogP contribution in [0.3, 0.4) is 0 Å². The van der Waals surface area contributed by atoms with Gasteiger partial charge in [0, 0.05) is 18.7 Å². The quantitative estimate of drug-likeness (QED) is 0.510. The van der Waals surface area contributed by atoms with Crippen molar-refractivity contribution in [1.82, 2.24) is 5.32 Å². The van der Waals surface area contributed by atoms with Gasteiger partial charge in [-0.1, -0.05) is 72.8 Å². The summed E-state index contributed by atoms with van der Waals surface area (Å²) >= 11 is 0. The lowest BCUT2D eigenvalue weighted by Crippen LogP contribution is -2.31. The monoisotopic (exact) mass is 360 g/mol. The highest BCUT2D eigenvalue weighted by Crippen LogP contribution is 2.24. The molecule has 0 aliphatic rings. The molecule has 0 heterocycles. The second-order valence-corrected chi connectivity index (χ2v) is 6.22. The van der Waals surface area contributed by atoms with Crippen LogP contribution in [0.2, 0.25) is 0 Å². The van der Waals surface area contributed by atoms with Crippen molar-refractivity contribution in [2.45, 2.75) is 12.3 Å². The van der Waals surface area contributed by atoms with Crippen molar-refractivity contribution < 1.29 is 9.72 Å². The smallest absolute Gasteiger partial charge is 0.269 e. The lowest BCUT2D eigenvalue weighted by molar-refractivity contribution is -0.384. The van der Waals surface area contributed by atoms with Crippen LogP contribution in [0, 0.1) is 10.1 Å². The molecule has 0 spiro atoms. The van der Waals surface area contributed by atoms with Crippen molar-refractivity contribution in [2.75, 3.05) is 6.54 Å². The highest BCUT2D eigenvalue weighted by molar-refractivity contribution is 5.87. The van der Waals surface area contributed by atoms with Crippen molar-refractivity contribution in [1.29, 1.82) is 0 Å². The maximum absolute atomic E-state index is 12.9. The Bertz CT molecular complexity index is 854. The molecule has 27 heavy (non-hydrogen) atoms. The first-order valence-corrected chi connectivity index (χ1v) is 8.76. The van der Waals surface area contributed by atoms with Crippen LogP contribution in [0.25, 0.3) is 0 Å². The molecule has 0 aliphatic heterocycles. The number of hydrogen-bond acceptors (Lipinski definition) is 3. The number of rotatable bonds is 7. The highest BCUT2D eigenvalue weighted by Gasteiger charge is 2.22. The molecule has 0 bridgehead atoms. The zero-order valence-electron chi connectivity index (χ0n) is 14.7. The van der Waals surface area contributed by atoms with E-state index in [0.717, 1.165) is 16.7 Å². The van der Waals surface area contributed by atoms with Gasteiger partial charge in [0.05, 0.1) is 10.8 Å². The first-order valence-electron chi connectivity index (χ1n) is 8.76. The summed E-state index contributed by atoms with van der Waals surface area (Å²) in [6, 6.07) is 25.8. The molecule has 0 aromatic heterocycles. The molecular formula is C22H20N2O3. The molecule has 5 nitrogen and oxygen atoms in total. The highest BCUT2D eigenvalue weighted by atomic mass is 16.6. The van der Waals surface area contributed by atoms with Crippen LogP contribution >= 0.6 is 0 Å². The Hall–Kier alpha value is -3.47. The molecule has 3 aromatic rings. The summed E-state index contributed by atoms with van der Waals surface area (Å²) in [5, 5.41) is 13.7. The van der Waals surface area contributed by atoms with Crippen molar-refractivity contribution >= 4 is 11.6 Å². The number of amides is 1. The van der Waals surface area contributed by atoms with Crippen LogP contribution in [0.15, 0.2) is 84.9 Å². The minimum Gasteiger partial charge on any atom is -0.355 e. The summed E-state index contributed by atoms with van der Waals surface area (Å²) < 4.78 is 0. The minimum atomic E-state index is -0.421. The van der Waals surface area contributed by atoms with Gasteiger partial charge >= 0.3 is 0 Å². The third kappa shape index (κ3) is 4.79. The number of nitrogens with zero attached hydrogens (tertiary/aromatic N) is 1. The Morgan fingerprint density at radius 1 is 0.852 bits per heavy atom. The van der Waals surface area contributed by atoms with Crippen LogP contribution in [0.4, 0.5) is 5.69 Å². The Morgan fingerprint density at radius 2 is 1.37 bits per heavy atom. The molecule has 3 aromatic carbocycles. The van der Waals surface area contributed by atoms with Gasteiger partial charge in [0.2, 0.25) is 5.91 Å². The zero-order chi connectivity index (χ0) is 19.1. The van der Waals surface area contributed by atoms with Crippen molar-refractivity contribution in [2.24, 2.45) is 0 Å². The number of nitro groups is 1. The number of hydrogen-bond donors (Lipinski definition) is 1. The van der Waals surface area contributed by atoms with E-state index in [9.17, 15) is 14.9 Å². The summed E-state index contributed by atoms with van der Waals surface area (Å²) in [4.78, 5) is 23.2. The summed E-state index contributed by atoms with van der Waals surface area (Å²) in [7, 11) is 0. The van der Waals surface area contributed by atoms with Gasteiger partial charge in [-0.05, 0) is 23.1 Å². The standard InChI is InChI=1S/C22H20N2O3/c25-22(23-16-15-17-11-13-20(14-12-17)24(26)27)21(18-7-3-1-4-8-18)19-9-5-2-6-10-19/h1-14,21H,15-16H2,(H,23,25).